The third kappa shape index (κ3) is 14.7. The molecule has 26 N–H and O–H groups in total. The molecule has 0 aliphatic heterocycles. The highest BCUT2D eigenvalue weighted by molar-refractivity contribution is 6.01. The number of nitrogens with two attached hydrogens (primary N) is 10. The number of nitrogens with zero attached hydrogens (tertiary/aromatic N) is 6. The van der Waals surface area contributed by atoms with Gasteiger partial charge in [-0.1, -0.05) is 72.8 Å². The van der Waals surface area contributed by atoms with Gasteiger partial charge in [0.15, 0.2) is 23.8 Å². The predicted molar refractivity (Wildman–Crippen MR) is 252 cm³/mol. The molecule has 0 spiro atoms. The number of pyridine rings is 1. The number of primary amides is 1. The van der Waals surface area contributed by atoms with E-state index in [1.54, 1.807) is 60.8 Å². The second-order valence-corrected chi connectivity index (χ2v) is 14.0. The minimum Gasteiger partial charge on any atom is -0.396 e. The quantitative estimate of drug-likeness (QED) is 0.0160. The number of carbonyl (C=O) groups is 6. The number of fused-ring (bicyclic) bond motifs is 1. The molecule has 0 aliphatic rings. The summed E-state index contributed by atoms with van der Waals surface area (Å²) in [5, 5.41) is 23.2. The van der Waals surface area contributed by atoms with E-state index in [4.69, 9.17) is 57.3 Å². The van der Waals surface area contributed by atoms with Crippen molar-refractivity contribution in [3.05, 3.63) is 108 Å². The van der Waals surface area contributed by atoms with E-state index in [-0.39, 0.29) is 23.5 Å². The molecule has 6 amide bonds. The Morgan fingerprint density at radius 2 is 1.04 bits per heavy atom. The Morgan fingerprint density at radius 3 is 1.54 bits per heavy atom. The molecule has 0 saturated heterocycles. The van der Waals surface area contributed by atoms with Crippen LogP contribution in [0.3, 0.4) is 0 Å². The number of hydrogen-bond acceptors (Lipinski definition) is 14. The maximum atomic E-state index is 14.2. The van der Waals surface area contributed by atoms with E-state index in [0.29, 0.717) is 10.9 Å². The van der Waals surface area contributed by atoms with Crippen molar-refractivity contribution in [3.63, 3.8) is 0 Å². The van der Waals surface area contributed by atoms with Gasteiger partial charge in [-0.2, -0.15) is 0 Å². The maximum Gasteiger partial charge on any atom is 0.270 e. The fourth-order valence-electron chi connectivity index (χ4n) is 6.01. The fraction of sp³-hybridized carbons (Fsp3) is 0.175. The minimum absolute atomic E-state index is 0.0673. The average Bonchev–Trinajstić information content (AvgIpc) is 3.28. The number of benzene rings is 3. The van der Waals surface area contributed by atoms with Gasteiger partial charge in [0.25, 0.3) is 29.5 Å². The maximum absolute atomic E-state index is 14.2. The van der Waals surface area contributed by atoms with Crippen LogP contribution in [-0.4, -0.2) is 107 Å². The van der Waals surface area contributed by atoms with Gasteiger partial charge in [0, 0.05) is 18.1 Å². The lowest BCUT2D eigenvalue weighted by Gasteiger charge is -2.31. The van der Waals surface area contributed by atoms with Gasteiger partial charge in [-0.05, 0) is 35.4 Å². The van der Waals surface area contributed by atoms with Crippen molar-refractivity contribution in [2.75, 3.05) is 17.2 Å². The molecule has 6 unspecified atom stereocenters. The lowest BCUT2D eigenvalue weighted by atomic mass is 10.1. The second kappa shape index (κ2) is 23.8. The average molecular weight is 938 g/mol. The van der Waals surface area contributed by atoms with Gasteiger partial charge in [0.05, 0.1) is 16.9 Å². The van der Waals surface area contributed by atoms with Crippen molar-refractivity contribution in [3.8, 4) is 0 Å². The van der Waals surface area contributed by atoms with Crippen LogP contribution in [0.5, 0.6) is 0 Å². The summed E-state index contributed by atoms with van der Waals surface area (Å²) in [6.07, 6.45) is -5.12. The zero-order chi connectivity index (χ0) is 50.1. The highest BCUT2D eigenvalue weighted by Crippen LogP contribution is 2.32. The molecule has 28 heteroatoms. The van der Waals surface area contributed by atoms with E-state index in [9.17, 15) is 33.9 Å². The van der Waals surface area contributed by atoms with E-state index in [0.717, 1.165) is 5.56 Å². The summed E-state index contributed by atoms with van der Waals surface area (Å²) in [7, 11) is 0. The summed E-state index contributed by atoms with van der Waals surface area (Å²) in [6, 6.07) is 21.8. The first-order valence-electron chi connectivity index (χ1n) is 19.8. The number of hydrogen-bond donors (Lipinski definition) is 16. The molecule has 358 valence electrons. The number of guanidine groups is 4. The van der Waals surface area contributed by atoms with Gasteiger partial charge in [-0.15, -0.1) is 0 Å². The van der Waals surface area contributed by atoms with Crippen LogP contribution in [0.4, 0.5) is 11.4 Å². The molecule has 4 rings (SSSR count). The molecule has 0 fully saturated rings. The smallest absolute Gasteiger partial charge is 0.270 e. The molecule has 4 aromatic rings. The molecule has 6 atom stereocenters. The lowest BCUT2D eigenvalue weighted by molar-refractivity contribution is -0.136. The standard InChI is InChI=1S/C40H51N21O7/c41-24-21-14-7-17-51-22(21)15-16-23(24)61(18-8-11-19-9-3-1-4-10-19)36(68)35(67)52-25(20-12-5-2-6-13-20)31(63)54-28(58-38(45)46)33(65)56-30(60-40(49)50)34(66)55-29(59-39(47)48)32(64)53-27(26(42)62)57-37(43)44/h1-17,25,27-30,36,68H,18,41H2,(H2,42,62)(H,52,67)(H,53,64)(H,54,63)(H,55,66)(H,56,65)(H4,43,44,57)(H4,45,46,58)(H4,47,48,59)(H4,49,50,60). The number of carbonyl (C=O) groups excluding carboxylic acids is 6. The first-order chi connectivity index (χ1) is 32.2. The Labute approximate surface area is 386 Å². The molecule has 0 bridgehead atoms. The van der Waals surface area contributed by atoms with E-state index >= 15 is 0 Å². The zero-order valence-corrected chi connectivity index (χ0v) is 35.8. The van der Waals surface area contributed by atoms with Crippen LogP contribution < -0.4 is 88.8 Å². The van der Waals surface area contributed by atoms with Gasteiger partial charge >= 0.3 is 0 Å². The summed E-state index contributed by atoms with van der Waals surface area (Å²) in [5.74, 6) is -10.4. The molecular formula is C40H51N21O7. The number of nitrogens with one attached hydrogen (secondary N) is 5. The van der Waals surface area contributed by atoms with Gasteiger partial charge in [-0.25, -0.2) is 20.0 Å². The Hall–Kier alpha value is -9.73. The first kappa shape index (κ1) is 50.9. The largest absolute Gasteiger partial charge is 0.396 e. The lowest BCUT2D eigenvalue weighted by Crippen LogP contribution is -2.58. The molecule has 0 saturated carbocycles. The number of amides is 6. The Kier molecular flexibility index (Phi) is 17.8. The fourth-order valence-corrected chi connectivity index (χ4v) is 6.01. The Balaban J connectivity index is 1.63. The van der Waals surface area contributed by atoms with Gasteiger partial charge in [0.2, 0.25) is 36.8 Å². The van der Waals surface area contributed by atoms with E-state index in [1.165, 1.54) is 17.0 Å². The monoisotopic (exact) mass is 937 g/mol. The topological polar surface area (TPSA) is 509 Å². The van der Waals surface area contributed by atoms with Crippen LogP contribution in [0.1, 0.15) is 17.2 Å². The molecule has 0 radical (unpaired) electrons. The van der Waals surface area contributed by atoms with Gasteiger partial charge in [-0.3, -0.25) is 33.8 Å². The zero-order valence-electron chi connectivity index (χ0n) is 35.8. The van der Waals surface area contributed by atoms with Crippen LogP contribution in [0.15, 0.2) is 117 Å². The molecule has 3 aromatic carbocycles. The van der Waals surface area contributed by atoms with Crippen LogP contribution in [0.2, 0.25) is 0 Å². The summed E-state index contributed by atoms with van der Waals surface area (Å²) >= 11 is 0. The molecule has 1 heterocycles. The van der Waals surface area contributed by atoms with Gasteiger partial charge in [0.1, 0.15) is 6.04 Å². The van der Waals surface area contributed by atoms with E-state index < -0.39 is 96.2 Å². The van der Waals surface area contributed by atoms with Crippen LogP contribution >= 0.6 is 0 Å². The molecular weight excluding hydrogens is 887 g/mol. The van der Waals surface area contributed by atoms with Crippen molar-refractivity contribution in [2.45, 2.75) is 36.9 Å². The normalized spacial score (nSPS) is 13.4. The summed E-state index contributed by atoms with van der Waals surface area (Å²) in [4.78, 5) is 101. The van der Waals surface area contributed by atoms with Gasteiger partial charge < -0.3 is 93.9 Å². The Morgan fingerprint density at radius 1 is 0.574 bits per heavy atom. The van der Waals surface area contributed by atoms with E-state index in [2.05, 4.69) is 40.9 Å². The van der Waals surface area contributed by atoms with Crippen molar-refractivity contribution >= 4 is 87.6 Å². The molecule has 68 heavy (non-hydrogen) atoms. The second-order valence-electron chi connectivity index (χ2n) is 14.0. The SMILES string of the molecule is NC(=O)C(N=C(N)N)NC(=O)C(N=C(N)N)NC(=O)C(N=C(N)N)NC(=O)C(N=C(N)N)NC(=O)C(NC(=O)C(O)N(CC=Cc1ccccc1)c1ccc2ncccc2c1N)c1ccccc1. The summed E-state index contributed by atoms with van der Waals surface area (Å²) in [5.41, 5.74) is 57.5. The number of aliphatic imine (C=N–C) groups is 4. The highest BCUT2D eigenvalue weighted by atomic mass is 16.3. The number of nitrogen functional groups attached to an aromatic ring is 1. The minimum atomic E-state index is -2.14. The van der Waals surface area contributed by atoms with Crippen molar-refractivity contribution in [1.82, 2.24) is 31.6 Å². The number of aromatic nitrogens is 1. The first-order valence-corrected chi connectivity index (χ1v) is 19.8. The summed E-state index contributed by atoms with van der Waals surface area (Å²) in [6.45, 7) is -0.0673. The van der Waals surface area contributed by atoms with Crippen LogP contribution in [0, 0.1) is 0 Å². The molecule has 1 aromatic heterocycles. The number of rotatable bonds is 21. The van der Waals surface area contributed by atoms with E-state index in [1.807, 2.05) is 41.0 Å². The summed E-state index contributed by atoms with van der Waals surface area (Å²) < 4.78 is 0. The number of anilines is 2. The third-order valence-corrected chi connectivity index (χ3v) is 8.98. The van der Waals surface area contributed by atoms with Crippen molar-refractivity contribution in [2.24, 2.45) is 71.6 Å². The molecule has 28 nitrogen and oxygen atoms in total. The number of aliphatic hydroxyl groups is 1. The van der Waals surface area contributed by atoms with Crippen molar-refractivity contribution in [1.29, 1.82) is 0 Å². The highest BCUT2D eigenvalue weighted by Gasteiger charge is 2.35. The van der Waals surface area contributed by atoms with Crippen LogP contribution in [0.25, 0.3) is 17.0 Å². The Bertz CT molecular complexity index is 2610. The van der Waals surface area contributed by atoms with Crippen molar-refractivity contribution < 1.29 is 33.9 Å². The number of aliphatic hydroxyl groups excluding tert-OH is 1. The van der Waals surface area contributed by atoms with Crippen LogP contribution in [-0.2, 0) is 28.8 Å². The molecule has 0 aliphatic carbocycles. The predicted octanol–water partition coefficient (Wildman–Crippen LogP) is -6.14. The third-order valence-electron chi connectivity index (χ3n) is 8.98.